The second-order valence-electron chi connectivity index (χ2n) is 19.1. The molecule has 2 amide bonds. The van der Waals surface area contributed by atoms with Gasteiger partial charge >= 0.3 is 12.2 Å². The molecular formula is C48H54ClF3N2O6. The third-order valence-electron chi connectivity index (χ3n) is 16.2. The minimum atomic E-state index is -4.60. The van der Waals surface area contributed by atoms with E-state index in [1.165, 1.54) is 18.2 Å². The second-order valence-corrected chi connectivity index (χ2v) is 19.5. The Labute approximate surface area is 354 Å². The number of hydrogen-bond donors (Lipinski definition) is 3. The monoisotopic (exact) mass is 846 g/mol. The first-order chi connectivity index (χ1) is 28.4. The predicted molar refractivity (Wildman–Crippen MR) is 221 cm³/mol. The van der Waals surface area contributed by atoms with E-state index in [1.807, 2.05) is 37.3 Å². The summed E-state index contributed by atoms with van der Waals surface area (Å²) < 4.78 is 53.4. The number of amides is 2. The number of benzene rings is 2. The number of alkyl halides is 3. The van der Waals surface area contributed by atoms with E-state index in [0.717, 1.165) is 37.0 Å². The van der Waals surface area contributed by atoms with Crippen molar-refractivity contribution in [2.24, 2.45) is 33.5 Å². The van der Waals surface area contributed by atoms with Crippen LogP contribution >= 0.6 is 11.6 Å². The third-order valence-corrected chi connectivity index (χ3v) is 16.5. The van der Waals surface area contributed by atoms with Crippen molar-refractivity contribution >= 4 is 23.4 Å². The summed E-state index contributed by atoms with van der Waals surface area (Å²) in [5.74, 6) is -0.538. The van der Waals surface area contributed by atoms with E-state index < -0.39 is 39.7 Å². The van der Waals surface area contributed by atoms with Gasteiger partial charge in [-0.1, -0.05) is 74.0 Å². The van der Waals surface area contributed by atoms with Crippen molar-refractivity contribution in [3.63, 3.8) is 0 Å². The lowest BCUT2D eigenvalue weighted by Gasteiger charge is -2.71. The molecule has 7 aliphatic rings. The molecule has 4 fully saturated rings. The average Bonchev–Trinajstić information content (AvgIpc) is 3.98. The molecule has 1 aliphatic heterocycles. The summed E-state index contributed by atoms with van der Waals surface area (Å²) in [5, 5.41) is 27.5. The highest BCUT2D eigenvalue weighted by Gasteiger charge is 2.74. The number of ketones is 1. The first-order valence-electron chi connectivity index (χ1n) is 21.5. The molecule has 10 atom stereocenters. The zero-order valence-electron chi connectivity index (χ0n) is 34.4. The van der Waals surface area contributed by atoms with Gasteiger partial charge in [0.1, 0.15) is 5.76 Å². The molecule has 1 aromatic heterocycles. The van der Waals surface area contributed by atoms with E-state index in [1.54, 1.807) is 4.90 Å². The molecule has 8 nitrogen and oxygen atoms in total. The van der Waals surface area contributed by atoms with E-state index in [0.29, 0.717) is 57.2 Å². The normalized spacial score (nSPS) is 35.9. The van der Waals surface area contributed by atoms with Gasteiger partial charge in [-0.2, -0.15) is 13.2 Å². The van der Waals surface area contributed by atoms with Crippen molar-refractivity contribution in [3.8, 4) is 11.3 Å². The fraction of sp³-hybridized carbons (Fsp3) is 0.542. The number of carbonyl (C=O) groups is 2. The number of aliphatic hydroxyl groups excluding tert-OH is 1. The molecule has 3 saturated carbocycles. The van der Waals surface area contributed by atoms with Crippen LogP contribution in [0.1, 0.15) is 106 Å². The molecule has 2 bridgehead atoms. The van der Waals surface area contributed by atoms with Crippen molar-refractivity contribution in [1.82, 2.24) is 10.2 Å². The van der Waals surface area contributed by atoms with Crippen LogP contribution in [0.15, 0.2) is 88.9 Å². The van der Waals surface area contributed by atoms with Crippen LogP contribution in [0.5, 0.6) is 0 Å². The molecule has 320 valence electrons. The van der Waals surface area contributed by atoms with Gasteiger partial charge in [-0.25, -0.2) is 4.79 Å². The van der Waals surface area contributed by atoms with Gasteiger partial charge in [0.15, 0.2) is 5.76 Å². The van der Waals surface area contributed by atoms with Gasteiger partial charge in [0.05, 0.1) is 41.0 Å². The molecule has 6 aliphatic carbocycles. The number of halogens is 4. The van der Waals surface area contributed by atoms with Crippen LogP contribution < -0.4 is 5.32 Å². The summed E-state index contributed by atoms with van der Waals surface area (Å²) in [6, 6.07) is 15.2. The number of carbonyl (C=O) groups excluding carboxylic acids is 2. The minimum Gasteiger partial charge on any atom is -0.453 e. The number of fused-ring (bicyclic) bond motifs is 1. The number of ether oxygens (including phenoxy) is 1. The molecule has 3 N–H and O–H groups in total. The molecule has 2 aromatic carbocycles. The van der Waals surface area contributed by atoms with Crippen LogP contribution in [0.3, 0.4) is 0 Å². The molecule has 10 unspecified atom stereocenters. The van der Waals surface area contributed by atoms with Gasteiger partial charge in [-0.05, 0) is 118 Å². The molecule has 60 heavy (non-hydrogen) atoms. The fourth-order valence-corrected chi connectivity index (χ4v) is 13.1. The van der Waals surface area contributed by atoms with Crippen LogP contribution in [0.25, 0.3) is 11.3 Å². The molecular weight excluding hydrogens is 793 g/mol. The standard InChI is InChI=1S/C48H54ClF3N2O6/c1-29(30-8-5-4-6-9-30)53-42(57)54(27-33-10-7-23-59-33)28-46(58)20-17-40-44(46,3)19-16-39-43(2)18-15-32(55)25-45(43)21-22-47(39,40)35(26-45)41(56)38-14-13-37(60-38)34-24-31(48(50,51)52)11-12-36(34)49/h4-6,8-9,11-14,21-22,24,26,29,32-33,39-40,55,58H,7,10,15-20,23,25,27-28H2,1-3H3,(H,53,57). The number of Topliss-reactive ketones (excluding diaryl/α,β-unsaturated/α-hetero) is 1. The van der Waals surface area contributed by atoms with Crippen molar-refractivity contribution in [3.05, 3.63) is 106 Å². The Hall–Kier alpha value is -3.90. The summed E-state index contributed by atoms with van der Waals surface area (Å²) in [5.41, 5.74) is -3.08. The van der Waals surface area contributed by atoms with Gasteiger partial charge in [0, 0.05) is 40.5 Å². The number of urea groups is 1. The lowest BCUT2D eigenvalue weighted by atomic mass is 9.32. The van der Waals surface area contributed by atoms with E-state index in [2.05, 4.69) is 37.4 Å². The van der Waals surface area contributed by atoms with Crippen molar-refractivity contribution in [2.45, 2.75) is 109 Å². The van der Waals surface area contributed by atoms with Crippen LogP contribution in [-0.4, -0.2) is 64.4 Å². The zero-order valence-corrected chi connectivity index (χ0v) is 35.1. The summed E-state index contributed by atoms with van der Waals surface area (Å²) in [7, 11) is 0. The van der Waals surface area contributed by atoms with Crippen LogP contribution in [0.2, 0.25) is 5.02 Å². The van der Waals surface area contributed by atoms with Gasteiger partial charge in [0.25, 0.3) is 0 Å². The van der Waals surface area contributed by atoms with Gasteiger partial charge in [-0.3, -0.25) is 4.79 Å². The molecule has 10 rings (SSSR count). The Morgan fingerprint density at radius 2 is 1.70 bits per heavy atom. The lowest BCUT2D eigenvalue weighted by molar-refractivity contribution is -0.175. The maximum atomic E-state index is 15.2. The van der Waals surface area contributed by atoms with Crippen LogP contribution in [0, 0.1) is 33.5 Å². The van der Waals surface area contributed by atoms with Crippen molar-refractivity contribution in [1.29, 1.82) is 0 Å². The van der Waals surface area contributed by atoms with Crippen LogP contribution in [-0.2, 0) is 10.9 Å². The first-order valence-corrected chi connectivity index (χ1v) is 21.9. The van der Waals surface area contributed by atoms with Crippen molar-refractivity contribution < 1.29 is 42.1 Å². The summed E-state index contributed by atoms with van der Waals surface area (Å²) in [6.45, 7) is 7.44. The van der Waals surface area contributed by atoms with Gasteiger partial charge in [-0.15, -0.1) is 0 Å². The Bertz CT molecular complexity index is 2240. The van der Waals surface area contributed by atoms with Gasteiger partial charge in [0.2, 0.25) is 5.78 Å². The van der Waals surface area contributed by atoms with E-state index in [9.17, 15) is 28.2 Å². The lowest BCUT2D eigenvalue weighted by Crippen LogP contribution is -2.67. The summed E-state index contributed by atoms with van der Waals surface area (Å²) >= 11 is 6.41. The molecule has 1 saturated heterocycles. The fourth-order valence-electron chi connectivity index (χ4n) is 12.9. The Kier molecular flexibility index (Phi) is 10.1. The van der Waals surface area contributed by atoms with Crippen LogP contribution in [0.4, 0.5) is 18.0 Å². The Morgan fingerprint density at radius 3 is 2.43 bits per heavy atom. The number of rotatable bonds is 9. The molecule has 2 spiro atoms. The Morgan fingerprint density at radius 1 is 0.967 bits per heavy atom. The maximum Gasteiger partial charge on any atom is 0.416 e. The number of furan rings is 1. The number of hydrogen-bond acceptors (Lipinski definition) is 6. The molecule has 2 heterocycles. The number of aliphatic hydroxyl groups is 2. The summed E-state index contributed by atoms with van der Waals surface area (Å²) in [4.78, 5) is 31.2. The third kappa shape index (κ3) is 6.34. The van der Waals surface area contributed by atoms with Gasteiger partial charge < -0.3 is 29.6 Å². The second kappa shape index (κ2) is 14.6. The zero-order chi connectivity index (χ0) is 42.5. The molecule has 0 radical (unpaired) electrons. The molecule has 12 heteroatoms. The van der Waals surface area contributed by atoms with E-state index in [-0.39, 0.29) is 69.9 Å². The highest BCUT2D eigenvalue weighted by molar-refractivity contribution is 6.33. The number of nitrogens with one attached hydrogen (secondary N) is 1. The first kappa shape index (κ1) is 41.5. The highest BCUT2D eigenvalue weighted by atomic mass is 35.5. The summed E-state index contributed by atoms with van der Waals surface area (Å²) in [6.07, 6.45) is 7.22. The number of allylic oxidation sites excluding steroid dienone is 4. The predicted octanol–water partition coefficient (Wildman–Crippen LogP) is 10.3. The largest absolute Gasteiger partial charge is 0.453 e. The maximum absolute atomic E-state index is 15.2. The average molecular weight is 847 g/mol. The smallest absolute Gasteiger partial charge is 0.416 e. The SMILES string of the molecule is CC(NC(=O)N(CC1CCCO1)CC1(O)CCC2C34C=CC5(C=C3C(=O)c3ccc(-c6cc(C(F)(F)F)ccc6Cl)o3)CC(O)CCC5(C)C4CCC21C)c1ccccc1. The minimum absolute atomic E-state index is 0.00256. The van der Waals surface area contributed by atoms with Crippen molar-refractivity contribution in [2.75, 3.05) is 19.7 Å². The Balaban J connectivity index is 1.08. The van der Waals surface area contributed by atoms with E-state index >= 15 is 4.79 Å². The topological polar surface area (TPSA) is 112 Å². The molecule has 3 aromatic rings. The van der Waals surface area contributed by atoms with E-state index in [4.69, 9.17) is 20.8 Å². The number of nitrogens with zero attached hydrogens (tertiary/aromatic N) is 1. The quantitative estimate of drug-likeness (QED) is 0.146. The highest BCUT2D eigenvalue weighted by Crippen LogP contribution is 2.78.